The summed E-state index contributed by atoms with van der Waals surface area (Å²) in [6, 6.07) is 0.213. The Kier molecular flexibility index (Phi) is 7.81. The molecule has 4 atom stereocenters. The number of fused-ring (bicyclic) bond motifs is 1. The first-order valence-electron chi connectivity index (χ1n) is 12.8. The van der Waals surface area contributed by atoms with Gasteiger partial charge in [-0.25, -0.2) is 4.98 Å². The van der Waals surface area contributed by atoms with Gasteiger partial charge in [-0.3, -0.25) is 9.47 Å². The highest BCUT2D eigenvalue weighted by molar-refractivity contribution is 5.84. The van der Waals surface area contributed by atoms with Crippen LogP contribution in [0, 0.1) is 6.92 Å². The Morgan fingerprint density at radius 3 is 2.59 bits per heavy atom. The van der Waals surface area contributed by atoms with Crippen LogP contribution in [-0.2, 0) is 9.47 Å². The van der Waals surface area contributed by atoms with Gasteiger partial charge in [0.15, 0.2) is 35.1 Å². The molecule has 0 amide bonds. The summed E-state index contributed by atoms with van der Waals surface area (Å²) >= 11 is 0. The topological polar surface area (TPSA) is 169 Å². The molecule has 0 radical (unpaired) electrons. The van der Waals surface area contributed by atoms with E-state index in [1.54, 1.807) is 11.5 Å². The number of aromatic nitrogens is 6. The van der Waals surface area contributed by atoms with Crippen molar-refractivity contribution in [3.05, 3.63) is 18.0 Å². The highest BCUT2D eigenvalue weighted by Gasteiger charge is 2.47. The summed E-state index contributed by atoms with van der Waals surface area (Å²) in [4.78, 5) is 20.5. The molecule has 0 bridgehead atoms. The molecule has 14 nitrogen and oxygen atoms in total. The van der Waals surface area contributed by atoms with Crippen molar-refractivity contribution in [2.75, 3.05) is 50.0 Å². The molecule has 0 aromatic carbocycles. The predicted molar refractivity (Wildman–Crippen MR) is 133 cm³/mol. The second kappa shape index (κ2) is 11.2. The van der Waals surface area contributed by atoms with Gasteiger partial charge in [0.2, 0.25) is 5.95 Å². The number of nitrogens with one attached hydrogen (secondary N) is 2. The third kappa shape index (κ3) is 5.38. The molecule has 3 aromatic rings. The average Bonchev–Trinajstić information content (AvgIpc) is 3.61. The van der Waals surface area contributed by atoms with Crippen molar-refractivity contribution in [2.24, 2.45) is 0 Å². The fourth-order valence-electron chi connectivity index (χ4n) is 4.64. The van der Waals surface area contributed by atoms with Gasteiger partial charge in [0, 0.05) is 32.2 Å². The molecule has 2 aliphatic heterocycles. The minimum absolute atomic E-state index is 0.104. The number of hydrogen-bond acceptors (Lipinski definition) is 13. The quantitative estimate of drug-likeness (QED) is 0.299. The van der Waals surface area contributed by atoms with Gasteiger partial charge < -0.3 is 34.8 Å². The predicted octanol–water partition coefficient (Wildman–Crippen LogP) is 0.854. The van der Waals surface area contributed by atoms with E-state index in [-0.39, 0.29) is 11.9 Å². The summed E-state index contributed by atoms with van der Waals surface area (Å²) in [7, 11) is 0. The van der Waals surface area contributed by atoms with E-state index < -0.39 is 24.5 Å². The van der Waals surface area contributed by atoms with Gasteiger partial charge >= 0.3 is 0 Å². The number of rotatable bonds is 10. The number of aryl methyl sites for hydroxylation is 1. The van der Waals surface area contributed by atoms with E-state index >= 15 is 0 Å². The maximum atomic E-state index is 10.9. The molecule has 2 aliphatic rings. The largest absolute Gasteiger partial charge is 0.387 e. The zero-order chi connectivity index (χ0) is 25.9. The first-order valence-corrected chi connectivity index (χ1v) is 12.8. The third-order valence-electron chi connectivity index (χ3n) is 6.86. The Balaban J connectivity index is 1.43. The fraction of sp³-hybridized carbons (Fsp3) is 0.696. The van der Waals surface area contributed by atoms with E-state index in [2.05, 4.69) is 44.5 Å². The van der Waals surface area contributed by atoms with Crippen molar-refractivity contribution in [3.8, 4) is 0 Å². The van der Waals surface area contributed by atoms with E-state index in [1.165, 1.54) is 6.33 Å². The van der Waals surface area contributed by atoms with Gasteiger partial charge in [-0.15, -0.1) is 0 Å². The van der Waals surface area contributed by atoms with Gasteiger partial charge in [0.25, 0.3) is 5.89 Å². The normalized spacial score (nSPS) is 24.8. The molecule has 4 N–H and O–H groups in total. The van der Waals surface area contributed by atoms with Crippen molar-refractivity contribution < 1.29 is 24.2 Å². The number of nitrogens with zero attached hydrogens (tertiary/aromatic N) is 7. The maximum absolute atomic E-state index is 10.9. The molecule has 202 valence electrons. The summed E-state index contributed by atoms with van der Waals surface area (Å²) in [5, 5.41) is 32.1. The summed E-state index contributed by atoms with van der Waals surface area (Å²) in [5.41, 5.74) is 1.02. The Hall–Kier alpha value is -2.91. The lowest BCUT2D eigenvalue weighted by molar-refractivity contribution is -0.0451. The van der Waals surface area contributed by atoms with Crippen molar-refractivity contribution in [1.29, 1.82) is 0 Å². The standard InChI is InChI=1S/C23H35N9O5/c1-4-14(5-2)27-19-15-20(29-23(28-19)24-6-7-31-8-10-35-11-9-31)32(12-25-15)22-17(34)16(33)18(36-22)21-26-13(3)30-37-21/h12,14,16-18,22,33-34H,4-11H2,1-3H3,(H2,24,27,28,29)/t16-,17+,18?,22+/m0/s1. The molecule has 0 aliphatic carbocycles. The second-order valence-corrected chi connectivity index (χ2v) is 9.37. The van der Waals surface area contributed by atoms with Crippen molar-refractivity contribution >= 4 is 22.9 Å². The van der Waals surface area contributed by atoms with Crippen LogP contribution in [0.5, 0.6) is 0 Å². The van der Waals surface area contributed by atoms with Gasteiger partial charge in [0.1, 0.15) is 12.2 Å². The summed E-state index contributed by atoms with van der Waals surface area (Å²) in [6.45, 7) is 10.7. The molecule has 14 heteroatoms. The first kappa shape index (κ1) is 25.7. The van der Waals surface area contributed by atoms with Crippen LogP contribution in [0.25, 0.3) is 11.2 Å². The SMILES string of the molecule is CCC(CC)Nc1nc(NCCN2CCOCC2)nc2c1ncn2[C@@H]1OC(c2nc(C)no2)[C@@H](O)[C@H]1O. The van der Waals surface area contributed by atoms with E-state index in [9.17, 15) is 10.2 Å². The van der Waals surface area contributed by atoms with Crippen LogP contribution in [0.4, 0.5) is 11.8 Å². The van der Waals surface area contributed by atoms with Crippen LogP contribution < -0.4 is 10.6 Å². The highest BCUT2D eigenvalue weighted by Crippen LogP contribution is 2.39. The van der Waals surface area contributed by atoms with E-state index in [4.69, 9.17) is 24.0 Å². The Morgan fingerprint density at radius 1 is 1.11 bits per heavy atom. The minimum atomic E-state index is -1.27. The number of aliphatic hydroxyl groups excluding tert-OH is 2. The van der Waals surface area contributed by atoms with Crippen LogP contribution in [-0.4, -0.2) is 102 Å². The number of imidazole rings is 1. The lowest BCUT2D eigenvalue weighted by Gasteiger charge is -2.26. The van der Waals surface area contributed by atoms with Crippen LogP contribution in [0.1, 0.15) is 50.7 Å². The van der Waals surface area contributed by atoms with Crippen LogP contribution in [0.2, 0.25) is 0 Å². The Labute approximate surface area is 214 Å². The summed E-state index contributed by atoms with van der Waals surface area (Å²) < 4.78 is 18.2. The number of aliphatic hydroxyl groups is 2. The van der Waals surface area contributed by atoms with Gasteiger partial charge in [-0.2, -0.15) is 15.0 Å². The van der Waals surface area contributed by atoms with Gasteiger partial charge in [-0.1, -0.05) is 19.0 Å². The number of ether oxygens (including phenoxy) is 2. The lowest BCUT2D eigenvalue weighted by atomic mass is 10.1. The second-order valence-electron chi connectivity index (χ2n) is 9.37. The van der Waals surface area contributed by atoms with E-state index in [1.807, 2.05) is 0 Å². The lowest BCUT2D eigenvalue weighted by Crippen LogP contribution is -2.39. The molecule has 3 aromatic heterocycles. The number of anilines is 2. The van der Waals surface area contributed by atoms with Crippen molar-refractivity contribution in [2.45, 2.75) is 64.2 Å². The average molecular weight is 518 g/mol. The third-order valence-corrected chi connectivity index (χ3v) is 6.86. The van der Waals surface area contributed by atoms with Crippen LogP contribution >= 0.6 is 0 Å². The molecule has 37 heavy (non-hydrogen) atoms. The highest BCUT2D eigenvalue weighted by atomic mass is 16.6. The van der Waals surface area contributed by atoms with E-state index in [0.29, 0.717) is 35.3 Å². The van der Waals surface area contributed by atoms with E-state index in [0.717, 1.165) is 45.7 Å². The molecule has 2 fully saturated rings. The summed E-state index contributed by atoms with van der Waals surface area (Å²) in [6.07, 6.45) is -1.09. The van der Waals surface area contributed by atoms with Crippen LogP contribution in [0.3, 0.4) is 0 Å². The van der Waals surface area contributed by atoms with Crippen molar-refractivity contribution in [3.63, 3.8) is 0 Å². The van der Waals surface area contributed by atoms with Crippen molar-refractivity contribution in [1.82, 2.24) is 34.6 Å². The molecule has 0 saturated carbocycles. The molecule has 1 unspecified atom stereocenters. The molecule has 5 heterocycles. The number of morpholine rings is 1. The molecule has 5 rings (SSSR count). The summed E-state index contributed by atoms with van der Waals surface area (Å²) in [5.74, 6) is 1.55. The number of hydrogen-bond donors (Lipinski definition) is 4. The zero-order valence-corrected chi connectivity index (χ0v) is 21.4. The van der Waals surface area contributed by atoms with Crippen LogP contribution in [0.15, 0.2) is 10.9 Å². The zero-order valence-electron chi connectivity index (χ0n) is 21.4. The molecular weight excluding hydrogens is 482 g/mol. The Bertz CT molecular complexity index is 1180. The first-order chi connectivity index (χ1) is 18.0. The Morgan fingerprint density at radius 2 is 1.89 bits per heavy atom. The van der Waals surface area contributed by atoms with Gasteiger partial charge in [-0.05, 0) is 19.8 Å². The fourth-order valence-corrected chi connectivity index (χ4v) is 4.64. The van der Waals surface area contributed by atoms with Gasteiger partial charge in [0.05, 0.1) is 19.5 Å². The monoisotopic (exact) mass is 517 g/mol. The molecule has 0 spiro atoms. The smallest absolute Gasteiger partial charge is 0.258 e. The minimum Gasteiger partial charge on any atom is -0.387 e. The molecule has 2 saturated heterocycles. The maximum Gasteiger partial charge on any atom is 0.258 e. The molecular formula is C23H35N9O5.